The predicted molar refractivity (Wildman–Crippen MR) is 70.5 cm³/mol. The van der Waals surface area contributed by atoms with E-state index in [1.165, 1.54) is 18.0 Å². The number of fused-ring (bicyclic) bond motifs is 1. The molecule has 0 saturated heterocycles. The van der Waals surface area contributed by atoms with E-state index in [2.05, 4.69) is 15.0 Å². The monoisotopic (exact) mass is 281 g/mol. The summed E-state index contributed by atoms with van der Waals surface area (Å²) in [6.45, 7) is 1.79. The molecule has 0 aromatic rings. The Morgan fingerprint density at radius 2 is 2.16 bits per heavy atom. The largest absolute Gasteiger partial charge is 0.465 e. The van der Waals surface area contributed by atoms with Crippen LogP contribution in [-0.4, -0.2) is 47.7 Å². The van der Waals surface area contributed by atoms with Crippen LogP contribution in [0.1, 0.15) is 6.92 Å². The summed E-state index contributed by atoms with van der Waals surface area (Å²) in [7, 11) is 0. The van der Waals surface area contributed by atoms with Gasteiger partial charge >= 0.3 is 5.97 Å². The number of amides is 1. The highest BCUT2D eigenvalue weighted by Gasteiger charge is 2.44. The van der Waals surface area contributed by atoms with Gasteiger partial charge in [-0.05, 0) is 13.2 Å². The van der Waals surface area contributed by atoms with Crippen LogP contribution in [0.2, 0.25) is 0 Å². The number of esters is 1. The second kappa shape index (κ2) is 5.43. The average Bonchev–Trinajstić information content (AvgIpc) is 2.38. The molecule has 0 spiro atoms. The fraction of sp³-hybridized carbons (Fsp3) is 0.455. The van der Waals surface area contributed by atoms with Gasteiger partial charge in [0.25, 0.3) is 5.91 Å². The molecule has 2 aliphatic heterocycles. The Morgan fingerprint density at radius 3 is 2.79 bits per heavy atom. The normalized spacial score (nSPS) is 25.6. The number of hydrogen-bond donors (Lipinski definition) is 0. The third kappa shape index (κ3) is 2.48. The number of Topliss-reactive ketones (excluding diaryl/α,β-unsaturated/α-hetero) is 1. The van der Waals surface area contributed by atoms with Crippen molar-refractivity contribution in [2.45, 2.75) is 6.92 Å². The van der Waals surface area contributed by atoms with Crippen LogP contribution in [0.3, 0.4) is 0 Å². The van der Waals surface area contributed by atoms with Gasteiger partial charge in [0.05, 0.1) is 6.61 Å². The minimum absolute atomic E-state index is 0.0925. The van der Waals surface area contributed by atoms with Gasteiger partial charge in [-0.15, -0.1) is 0 Å². The molecule has 0 saturated carbocycles. The van der Waals surface area contributed by atoms with Gasteiger partial charge in [0, 0.05) is 6.21 Å². The van der Waals surface area contributed by atoms with Gasteiger partial charge in [0.1, 0.15) is 0 Å². The number of carbonyl (C=O) groups excluding carboxylic acids is 3. The van der Waals surface area contributed by atoms with Crippen molar-refractivity contribution >= 4 is 46.6 Å². The number of carbonyl (C=O) groups is 3. The van der Waals surface area contributed by atoms with Crippen molar-refractivity contribution in [1.29, 1.82) is 0 Å². The molecule has 0 aliphatic carbocycles. The highest BCUT2D eigenvalue weighted by Crippen LogP contribution is 2.22. The lowest BCUT2D eigenvalue weighted by molar-refractivity contribution is -0.149. The third-order valence-corrected chi connectivity index (χ3v) is 3.14. The van der Waals surface area contributed by atoms with Crippen molar-refractivity contribution < 1.29 is 19.1 Å². The number of rotatable bonds is 2. The van der Waals surface area contributed by atoms with E-state index in [1.807, 2.05) is 0 Å². The molecule has 0 N–H and O–H groups in total. The van der Waals surface area contributed by atoms with E-state index in [0.29, 0.717) is 0 Å². The first-order valence-corrected chi connectivity index (χ1v) is 6.80. The molecule has 7 nitrogen and oxygen atoms in total. The number of thioether (sulfide) groups is 1. The first kappa shape index (κ1) is 13.6. The molecule has 1 amide bonds. The van der Waals surface area contributed by atoms with Gasteiger partial charge in [-0.3, -0.25) is 14.4 Å². The first-order chi connectivity index (χ1) is 9.08. The maximum atomic E-state index is 12.1. The van der Waals surface area contributed by atoms with Crippen LogP contribution in [0, 0.1) is 11.8 Å². The van der Waals surface area contributed by atoms with Gasteiger partial charge < -0.3 is 4.74 Å². The second-order valence-corrected chi connectivity index (χ2v) is 4.52. The van der Waals surface area contributed by atoms with Crippen LogP contribution in [-0.2, 0) is 19.1 Å². The quantitative estimate of drug-likeness (QED) is 0.528. The molecule has 2 unspecified atom stereocenters. The predicted octanol–water partition coefficient (Wildman–Crippen LogP) is 0.0931. The Hall–Kier alpha value is -1.83. The zero-order valence-corrected chi connectivity index (χ0v) is 11.1. The fourth-order valence-electron chi connectivity index (χ4n) is 1.71. The molecular weight excluding hydrogens is 270 g/mol. The molecule has 2 rings (SSSR count). The number of nitrogens with zero attached hydrogens (tertiary/aromatic N) is 3. The van der Waals surface area contributed by atoms with E-state index in [-0.39, 0.29) is 17.6 Å². The molecule has 2 aliphatic rings. The number of ether oxygens (including phenoxy) is 1. The number of hydrogen-bond acceptors (Lipinski definition) is 7. The van der Waals surface area contributed by atoms with Crippen LogP contribution in [0.15, 0.2) is 15.0 Å². The minimum Gasteiger partial charge on any atom is -0.465 e. The molecule has 2 atom stereocenters. The Morgan fingerprint density at radius 1 is 1.42 bits per heavy atom. The topological polar surface area (TPSA) is 97.5 Å². The lowest BCUT2D eigenvalue weighted by Gasteiger charge is -2.22. The van der Waals surface area contributed by atoms with Crippen molar-refractivity contribution in [3.05, 3.63) is 0 Å². The molecule has 100 valence electrons. The zero-order valence-electron chi connectivity index (χ0n) is 10.3. The molecule has 0 aromatic heterocycles. The smallest absolute Gasteiger partial charge is 0.322 e. The van der Waals surface area contributed by atoms with E-state index in [0.717, 1.165) is 0 Å². The van der Waals surface area contributed by atoms with Gasteiger partial charge in [-0.1, -0.05) is 11.8 Å². The first-order valence-electron chi connectivity index (χ1n) is 5.58. The maximum Gasteiger partial charge on any atom is 0.322 e. The molecule has 0 radical (unpaired) electrons. The van der Waals surface area contributed by atoms with Crippen molar-refractivity contribution in [3.63, 3.8) is 0 Å². The highest BCUT2D eigenvalue weighted by atomic mass is 32.2. The summed E-state index contributed by atoms with van der Waals surface area (Å²) in [5.74, 6) is -4.17. The van der Waals surface area contributed by atoms with Crippen molar-refractivity contribution in [3.8, 4) is 0 Å². The van der Waals surface area contributed by atoms with E-state index in [4.69, 9.17) is 4.74 Å². The Bertz CT molecular complexity index is 538. The van der Waals surface area contributed by atoms with Crippen LogP contribution in [0.4, 0.5) is 0 Å². The lowest BCUT2D eigenvalue weighted by atomic mass is 9.89. The lowest BCUT2D eigenvalue weighted by Crippen LogP contribution is -2.44. The van der Waals surface area contributed by atoms with Crippen LogP contribution < -0.4 is 0 Å². The average molecular weight is 281 g/mol. The van der Waals surface area contributed by atoms with Gasteiger partial charge in [-0.25, -0.2) is 9.98 Å². The summed E-state index contributed by atoms with van der Waals surface area (Å²) >= 11 is 1.19. The van der Waals surface area contributed by atoms with Crippen LogP contribution >= 0.6 is 11.8 Å². The summed E-state index contributed by atoms with van der Waals surface area (Å²) in [4.78, 5) is 47.1. The molecular formula is C11H11N3O4S. The number of amidine groups is 2. The minimum atomic E-state index is -1.18. The van der Waals surface area contributed by atoms with E-state index in [9.17, 15) is 14.4 Å². The van der Waals surface area contributed by atoms with Crippen molar-refractivity contribution in [2.75, 3.05) is 12.9 Å². The summed E-state index contributed by atoms with van der Waals surface area (Å²) in [5.41, 5.74) is 0. The molecule has 0 fully saturated rings. The maximum absolute atomic E-state index is 12.1. The Balaban J connectivity index is 2.31. The van der Waals surface area contributed by atoms with E-state index in [1.54, 1.807) is 13.2 Å². The summed E-state index contributed by atoms with van der Waals surface area (Å²) in [6, 6.07) is 0. The van der Waals surface area contributed by atoms with E-state index < -0.39 is 29.5 Å². The van der Waals surface area contributed by atoms with Crippen LogP contribution in [0.5, 0.6) is 0 Å². The van der Waals surface area contributed by atoms with Gasteiger partial charge in [0.2, 0.25) is 0 Å². The summed E-state index contributed by atoms with van der Waals surface area (Å²) < 4.78 is 4.77. The highest BCUT2D eigenvalue weighted by molar-refractivity contribution is 8.13. The van der Waals surface area contributed by atoms with Crippen molar-refractivity contribution in [2.24, 2.45) is 26.8 Å². The Kier molecular flexibility index (Phi) is 3.89. The van der Waals surface area contributed by atoms with Gasteiger partial charge in [0.15, 0.2) is 28.6 Å². The molecule has 8 heteroatoms. The number of aliphatic imine (C=N–C) groups is 3. The fourth-order valence-corrected chi connectivity index (χ4v) is 2.08. The van der Waals surface area contributed by atoms with Crippen molar-refractivity contribution in [1.82, 2.24) is 0 Å². The van der Waals surface area contributed by atoms with Gasteiger partial charge in [-0.2, -0.15) is 4.99 Å². The van der Waals surface area contributed by atoms with E-state index >= 15 is 0 Å². The SMILES string of the molecule is CCOC(=O)C1C=NC2=NC(SC)=NC(=O)C2C1=O. The molecule has 19 heavy (non-hydrogen) atoms. The number of ketones is 1. The summed E-state index contributed by atoms with van der Waals surface area (Å²) in [5, 5.41) is 0.260. The standard InChI is InChI=1S/C11H11N3O4S/c1-3-18-10(17)5-4-12-8-6(7(5)15)9(16)14-11(13-8)19-2/h4-6H,3H2,1-2H3. The zero-order chi connectivity index (χ0) is 14.0. The second-order valence-electron chi connectivity index (χ2n) is 3.75. The Labute approximate surface area is 113 Å². The molecule has 0 bridgehead atoms. The summed E-state index contributed by atoms with van der Waals surface area (Å²) in [6.07, 6.45) is 2.89. The molecule has 0 aromatic carbocycles. The van der Waals surface area contributed by atoms with Crippen LogP contribution in [0.25, 0.3) is 0 Å². The third-order valence-electron chi connectivity index (χ3n) is 2.59. The molecule has 2 heterocycles.